The van der Waals surface area contributed by atoms with E-state index in [1.807, 2.05) is 20.8 Å². The van der Waals surface area contributed by atoms with E-state index in [1.165, 1.54) is 4.90 Å². The van der Waals surface area contributed by atoms with E-state index in [9.17, 15) is 14.4 Å². The predicted octanol–water partition coefficient (Wildman–Crippen LogP) is 4.24. The second kappa shape index (κ2) is 8.15. The van der Waals surface area contributed by atoms with Crippen LogP contribution in [0.1, 0.15) is 54.3 Å². The summed E-state index contributed by atoms with van der Waals surface area (Å²) in [6, 6.07) is 11.9. The first-order chi connectivity index (χ1) is 14.7. The maximum Gasteiger partial charge on any atom is 0.261 e. The van der Waals surface area contributed by atoms with E-state index in [1.54, 1.807) is 42.5 Å². The van der Waals surface area contributed by atoms with Crippen LogP contribution in [0.3, 0.4) is 0 Å². The fourth-order valence-corrected chi connectivity index (χ4v) is 3.58. The molecule has 0 aliphatic carbocycles. The molecular weight excluding hydrogens is 396 g/mol. The highest BCUT2D eigenvalue weighted by molar-refractivity contribution is 6.21. The van der Waals surface area contributed by atoms with Crippen LogP contribution >= 0.6 is 0 Å². The van der Waals surface area contributed by atoms with Gasteiger partial charge in [-0.3, -0.25) is 19.3 Å². The Morgan fingerprint density at radius 3 is 2.55 bits per heavy atom. The van der Waals surface area contributed by atoms with E-state index in [2.05, 4.69) is 5.32 Å². The number of benzene rings is 2. The zero-order chi connectivity index (χ0) is 22.2. The van der Waals surface area contributed by atoms with Gasteiger partial charge in [-0.1, -0.05) is 26.8 Å². The Kier molecular flexibility index (Phi) is 5.54. The Morgan fingerprint density at radius 2 is 1.84 bits per heavy atom. The molecule has 7 nitrogen and oxygen atoms in total. The van der Waals surface area contributed by atoms with Crippen LogP contribution in [0, 0.1) is 5.41 Å². The fourth-order valence-electron chi connectivity index (χ4n) is 3.58. The third-order valence-corrected chi connectivity index (χ3v) is 5.36. The largest absolute Gasteiger partial charge is 0.457 e. The number of hydrogen-bond donors (Lipinski definition) is 1. The number of nitrogens with one attached hydrogen (secondary N) is 1. The Hall–Kier alpha value is -3.19. The van der Waals surface area contributed by atoms with Gasteiger partial charge >= 0.3 is 0 Å². The summed E-state index contributed by atoms with van der Waals surface area (Å²) >= 11 is 0. The minimum Gasteiger partial charge on any atom is -0.457 e. The second-order valence-electron chi connectivity index (χ2n) is 8.90. The Bertz CT molecular complexity index is 1030. The molecule has 2 aliphatic heterocycles. The molecular formula is C24H26N2O5. The summed E-state index contributed by atoms with van der Waals surface area (Å²) in [5.41, 5.74) is 0.811. The molecule has 1 atom stereocenters. The topological polar surface area (TPSA) is 84.9 Å². The molecule has 0 aromatic heterocycles. The third-order valence-electron chi connectivity index (χ3n) is 5.36. The summed E-state index contributed by atoms with van der Waals surface area (Å²) in [6.07, 6.45) is 1.70. The molecule has 162 valence electrons. The molecule has 2 aliphatic rings. The predicted molar refractivity (Wildman–Crippen MR) is 115 cm³/mol. The third kappa shape index (κ3) is 4.46. The van der Waals surface area contributed by atoms with Crippen molar-refractivity contribution in [3.8, 4) is 11.5 Å². The number of fused-ring (bicyclic) bond motifs is 1. The number of rotatable bonds is 5. The van der Waals surface area contributed by atoms with Gasteiger partial charge in [0, 0.05) is 23.8 Å². The summed E-state index contributed by atoms with van der Waals surface area (Å²) in [6.45, 7) is 6.47. The van der Waals surface area contributed by atoms with Crippen LogP contribution in [0.2, 0.25) is 0 Å². The summed E-state index contributed by atoms with van der Waals surface area (Å²) in [7, 11) is 0. The average Bonchev–Trinajstić information content (AvgIpc) is 3.31. The normalized spacial score (nSPS) is 18.3. The molecule has 0 radical (unpaired) electrons. The van der Waals surface area contributed by atoms with Crippen LogP contribution < -0.4 is 10.1 Å². The van der Waals surface area contributed by atoms with Crippen molar-refractivity contribution in [3.05, 3.63) is 53.6 Å². The molecule has 0 saturated carbocycles. The van der Waals surface area contributed by atoms with Crippen molar-refractivity contribution < 1.29 is 23.9 Å². The first-order valence-corrected chi connectivity index (χ1v) is 10.4. The standard InChI is InChI=1S/C24H26N2O5/c1-24(2,3)23(29)25-15-6-4-7-16(12-15)31-17-9-10-19-20(13-17)22(28)26(21(19)27)14-18-8-5-11-30-18/h4,6-7,9-10,12-13,18H,5,8,11,14H2,1-3H3,(H,25,29). The van der Waals surface area contributed by atoms with Crippen LogP contribution in [0.25, 0.3) is 0 Å². The average molecular weight is 422 g/mol. The molecule has 1 N–H and O–H groups in total. The van der Waals surface area contributed by atoms with Crippen molar-refractivity contribution in [2.45, 2.75) is 39.7 Å². The molecule has 31 heavy (non-hydrogen) atoms. The summed E-state index contributed by atoms with van der Waals surface area (Å²) < 4.78 is 11.5. The lowest BCUT2D eigenvalue weighted by Crippen LogP contribution is -2.36. The van der Waals surface area contributed by atoms with E-state index in [0.717, 1.165) is 12.8 Å². The number of hydrogen-bond acceptors (Lipinski definition) is 5. The molecule has 0 spiro atoms. The van der Waals surface area contributed by atoms with Gasteiger partial charge in [0.2, 0.25) is 5.91 Å². The minimum absolute atomic E-state index is 0.0935. The Morgan fingerprint density at radius 1 is 1.10 bits per heavy atom. The molecule has 1 saturated heterocycles. The number of anilines is 1. The van der Waals surface area contributed by atoms with Crippen LogP contribution in [0.5, 0.6) is 11.5 Å². The molecule has 0 bridgehead atoms. The lowest BCUT2D eigenvalue weighted by Gasteiger charge is -2.18. The van der Waals surface area contributed by atoms with Gasteiger partial charge in [0.05, 0.1) is 23.8 Å². The molecule has 2 aromatic rings. The van der Waals surface area contributed by atoms with Gasteiger partial charge < -0.3 is 14.8 Å². The van der Waals surface area contributed by atoms with E-state index in [0.29, 0.717) is 34.9 Å². The van der Waals surface area contributed by atoms with Crippen LogP contribution in [0.4, 0.5) is 5.69 Å². The zero-order valence-electron chi connectivity index (χ0n) is 17.9. The van der Waals surface area contributed by atoms with Crippen LogP contribution in [-0.2, 0) is 9.53 Å². The monoisotopic (exact) mass is 422 g/mol. The molecule has 4 rings (SSSR count). The molecule has 7 heteroatoms. The summed E-state index contributed by atoms with van der Waals surface area (Å²) in [5.74, 6) is 0.233. The van der Waals surface area contributed by atoms with Gasteiger partial charge in [-0.15, -0.1) is 0 Å². The highest BCUT2D eigenvalue weighted by atomic mass is 16.5. The van der Waals surface area contributed by atoms with E-state index < -0.39 is 5.41 Å². The number of nitrogens with zero attached hydrogens (tertiary/aromatic N) is 1. The Balaban J connectivity index is 1.49. The molecule has 1 fully saturated rings. The van der Waals surface area contributed by atoms with Crippen molar-refractivity contribution in [1.82, 2.24) is 4.90 Å². The van der Waals surface area contributed by atoms with Crippen LogP contribution in [-0.4, -0.2) is 41.9 Å². The number of ether oxygens (including phenoxy) is 2. The minimum atomic E-state index is -0.515. The van der Waals surface area contributed by atoms with Crippen molar-refractivity contribution in [3.63, 3.8) is 0 Å². The molecule has 2 heterocycles. The lowest BCUT2D eigenvalue weighted by molar-refractivity contribution is -0.123. The van der Waals surface area contributed by atoms with Crippen molar-refractivity contribution in [2.24, 2.45) is 5.41 Å². The quantitative estimate of drug-likeness (QED) is 0.729. The van der Waals surface area contributed by atoms with Gasteiger partial charge in [0.15, 0.2) is 0 Å². The maximum absolute atomic E-state index is 12.8. The summed E-state index contributed by atoms with van der Waals surface area (Å²) in [5, 5.41) is 2.87. The van der Waals surface area contributed by atoms with Gasteiger partial charge in [0.1, 0.15) is 11.5 Å². The SMILES string of the molecule is CC(C)(C)C(=O)Nc1cccc(Oc2ccc3c(c2)C(=O)N(CC2CCCO2)C3=O)c1. The summed E-state index contributed by atoms with van der Waals surface area (Å²) in [4.78, 5) is 39.0. The van der Waals surface area contributed by atoms with E-state index >= 15 is 0 Å². The van der Waals surface area contributed by atoms with E-state index in [-0.39, 0.29) is 30.4 Å². The first kappa shape index (κ1) is 21.1. The lowest BCUT2D eigenvalue weighted by atomic mass is 9.95. The molecule has 2 aromatic carbocycles. The number of carbonyl (C=O) groups excluding carboxylic acids is 3. The first-order valence-electron chi connectivity index (χ1n) is 10.4. The van der Waals surface area contributed by atoms with E-state index in [4.69, 9.17) is 9.47 Å². The smallest absolute Gasteiger partial charge is 0.261 e. The molecule has 1 unspecified atom stereocenters. The van der Waals surface area contributed by atoms with Gasteiger partial charge in [0.25, 0.3) is 11.8 Å². The van der Waals surface area contributed by atoms with Crippen molar-refractivity contribution in [2.75, 3.05) is 18.5 Å². The van der Waals surface area contributed by atoms with Crippen molar-refractivity contribution in [1.29, 1.82) is 0 Å². The maximum atomic E-state index is 12.8. The van der Waals surface area contributed by atoms with Gasteiger partial charge in [-0.05, 0) is 43.2 Å². The fraction of sp³-hybridized carbons (Fsp3) is 0.375. The van der Waals surface area contributed by atoms with Gasteiger partial charge in [-0.2, -0.15) is 0 Å². The van der Waals surface area contributed by atoms with Crippen LogP contribution in [0.15, 0.2) is 42.5 Å². The highest BCUT2D eigenvalue weighted by Gasteiger charge is 2.37. The van der Waals surface area contributed by atoms with Gasteiger partial charge in [-0.25, -0.2) is 0 Å². The number of imide groups is 1. The Labute approximate surface area is 181 Å². The highest BCUT2D eigenvalue weighted by Crippen LogP contribution is 2.31. The second-order valence-corrected chi connectivity index (χ2v) is 8.90. The molecule has 3 amide bonds. The van der Waals surface area contributed by atoms with Crippen molar-refractivity contribution >= 4 is 23.4 Å². The number of carbonyl (C=O) groups is 3. The number of amides is 3. The zero-order valence-corrected chi connectivity index (χ0v) is 17.9.